The first kappa shape index (κ1) is 17.9. The maximum Gasteiger partial charge on any atom is 0.343 e. The van der Waals surface area contributed by atoms with Gasteiger partial charge in [-0.3, -0.25) is 4.79 Å². The maximum absolute atomic E-state index is 12.0. The number of carbonyl (C=O) groups excluding carboxylic acids is 2. The fourth-order valence-corrected chi connectivity index (χ4v) is 1.97. The second kappa shape index (κ2) is 9.00. The Morgan fingerprint density at radius 2 is 2.00 bits per heavy atom. The molecule has 0 saturated carbocycles. The highest BCUT2D eigenvalue weighted by Gasteiger charge is 2.19. The highest BCUT2D eigenvalue weighted by molar-refractivity contribution is 6.17. The zero-order chi connectivity index (χ0) is 16.5. The van der Waals surface area contributed by atoms with Crippen molar-refractivity contribution in [1.82, 2.24) is 0 Å². The first-order chi connectivity index (χ1) is 10.5. The summed E-state index contributed by atoms with van der Waals surface area (Å²) >= 11 is 0. The molecular weight excluding hydrogens is 282 g/mol. The Labute approximate surface area is 131 Å². The molecule has 0 amide bonds. The summed E-state index contributed by atoms with van der Waals surface area (Å²) < 4.78 is 4.92. The van der Waals surface area contributed by atoms with E-state index in [-0.39, 0.29) is 24.4 Å². The highest BCUT2D eigenvalue weighted by Crippen LogP contribution is 2.22. The number of para-hydroxylation sites is 1. The van der Waals surface area contributed by atoms with Crippen molar-refractivity contribution < 1.29 is 19.4 Å². The van der Waals surface area contributed by atoms with Crippen LogP contribution in [-0.4, -0.2) is 23.5 Å². The van der Waals surface area contributed by atoms with Crippen LogP contribution in [0.3, 0.4) is 0 Å². The van der Waals surface area contributed by atoms with Crippen LogP contribution in [0.1, 0.15) is 45.3 Å². The van der Waals surface area contributed by atoms with Crippen LogP contribution in [0.4, 0.5) is 5.69 Å². The molecular formula is C17H23NO4. The zero-order valence-electron chi connectivity index (χ0n) is 13.3. The van der Waals surface area contributed by atoms with Gasteiger partial charge in [0, 0.05) is 23.9 Å². The standard InChI is InChI=1S/C17H23NO4/c1-4-8-16(20)14(17(21)22-5-2)11-18-15-10-7-6-9-13(15)12(3)19/h6-7,9-12,18-19H,4-5,8H2,1-3H3/b14-11-. The summed E-state index contributed by atoms with van der Waals surface area (Å²) in [5, 5.41) is 12.7. The van der Waals surface area contributed by atoms with Crippen molar-refractivity contribution in [2.75, 3.05) is 11.9 Å². The molecule has 2 N–H and O–H groups in total. The average molecular weight is 305 g/mol. The van der Waals surface area contributed by atoms with Crippen LogP contribution < -0.4 is 5.32 Å². The first-order valence-corrected chi connectivity index (χ1v) is 7.45. The number of nitrogens with one attached hydrogen (secondary N) is 1. The maximum atomic E-state index is 12.0. The minimum absolute atomic E-state index is 0.0101. The quantitative estimate of drug-likeness (QED) is 0.334. The van der Waals surface area contributed by atoms with Crippen LogP contribution in [0.2, 0.25) is 0 Å². The molecule has 0 fully saturated rings. The number of aliphatic hydroxyl groups is 1. The largest absolute Gasteiger partial charge is 0.462 e. The molecule has 0 saturated heterocycles. The molecule has 1 rings (SSSR count). The number of ketones is 1. The van der Waals surface area contributed by atoms with Gasteiger partial charge in [-0.2, -0.15) is 0 Å². The minimum Gasteiger partial charge on any atom is -0.462 e. The highest BCUT2D eigenvalue weighted by atomic mass is 16.5. The molecule has 5 nitrogen and oxygen atoms in total. The third-order valence-electron chi connectivity index (χ3n) is 3.06. The monoisotopic (exact) mass is 305 g/mol. The second-order valence-electron chi connectivity index (χ2n) is 4.86. The topological polar surface area (TPSA) is 75.6 Å². The summed E-state index contributed by atoms with van der Waals surface area (Å²) in [7, 11) is 0. The smallest absolute Gasteiger partial charge is 0.343 e. The number of ether oxygens (including phenoxy) is 1. The van der Waals surface area contributed by atoms with Gasteiger partial charge in [0.15, 0.2) is 5.78 Å². The molecule has 0 bridgehead atoms. The Balaban J connectivity index is 3.03. The van der Waals surface area contributed by atoms with Gasteiger partial charge >= 0.3 is 5.97 Å². The lowest BCUT2D eigenvalue weighted by molar-refractivity contribution is -0.140. The summed E-state index contributed by atoms with van der Waals surface area (Å²) in [6.07, 6.45) is 1.64. The molecule has 0 heterocycles. The van der Waals surface area contributed by atoms with E-state index in [9.17, 15) is 14.7 Å². The summed E-state index contributed by atoms with van der Waals surface area (Å²) in [5.41, 5.74) is 1.32. The van der Waals surface area contributed by atoms with Crippen LogP contribution in [0.15, 0.2) is 36.0 Å². The molecule has 0 radical (unpaired) electrons. The van der Waals surface area contributed by atoms with Gasteiger partial charge in [-0.25, -0.2) is 4.79 Å². The van der Waals surface area contributed by atoms with Crippen molar-refractivity contribution in [2.45, 2.75) is 39.7 Å². The molecule has 1 aromatic rings. The Hall–Kier alpha value is -2.14. The molecule has 0 aromatic heterocycles. The number of rotatable bonds is 8. The number of benzene rings is 1. The summed E-state index contributed by atoms with van der Waals surface area (Å²) in [4.78, 5) is 23.9. The third kappa shape index (κ3) is 5.00. The second-order valence-corrected chi connectivity index (χ2v) is 4.86. The molecule has 1 aromatic carbocycles. The van der Waals surface area contributed by atoms with Crippen molar-refractivity contribution in [1.29, 1.82) is 0 Å². The number of carbonyl (C=O) groups is 2. The summed E-state index contributed by atoms with van der Waals surface area (Å²) in [5.74, 6) is -0.897. The van der Waals surface area contributed by atoms with Crippen LogP contribution in [0.5, 0.6) is 0 Å². The third-order valence-corrected chi connectivity index (χ3v) is 3.06. The molecule has 0 aliphatic heterocycles. The average Bonchev–Trinajstić information content (AvgIpc) is 2.48. The lowest BCUT2D eigenvalue weighted by Crippen LogP contribution is -2.17. The predicted molar refractivity (Wildman–Crippen MR) is 85.3 cm³/mol. The normalized spacial score (nSPS) is 12.6. The van der Waals surface area contributed by atoms with Crippen LogP contribution in [-0.2, 0) is 14.3 Å². The van der Waals surface area contributed by atoms with Gasteiger partial charge in [0.25, 0.3) is 0 Å². The van der Waals surface area contributed by atoms with E-state index < -0.39 is 12.1 Å². The van der Waals surface area contributed by atoms with E-state index in [1.165, 1.54) is 6.20 Å². The lowest BCUT2D eigenvalue weighted by Gasteiger charge is -2.12. The SMILES string of the molecule is CCCC(=O)/C(=C/Nc1ccccc1C(C)O)C(=O)OCC. The van der Waals surface area contributed by atoms with Crippen LogP contribution in [0.25, 0.3) is 0 Å². The van der Waals surface area contributed by atoms with Gasteiger partial charge in [0.05, 0.1) is 12.7 Å². The predicted octanol–water partition coefficient (Wildman–Crippen LogP) is 2.97. The number of aliphatic hydroxyl groups excluding tert-OH is 1. The first-order valence-electron chi connectivity index (χ1n) is 7.45. The lowest BCUT2D eigenvalue weighted by atomic mass is 10.1. The number of hydrogen-bond donors (Lipinski definition) is 2. The number of hydrogen-bond acceptors (Lipinski definition) is 5. The van der Waals surface area contributed by atoms with Gasteiger partial charge in [-0.15, -0.1) is 0 Å². The van der Waals surface area contributed by atoms with Gasteiger partial charge in [-0.1, -0.05) is 25.1 Å². The van der Waals surface area contributed by atoms with E-state index in [0.29, 0.717) is 17.7 Å². The van der Waals surface area contributed by atoms with Crippen molar-refractivity contribution in [3.05, 3.63) is 41.6 Å². The molecule has 0 spiro atoms. The van der Waals surface area contributed by atoms with E-state index in [1.54, 1.807) is 32.0 Å². The van der Waals surface area contributed by atoms with Gasteiger partial charge in [-0.05, 0) is 26.3 Å². The Morgan fingerprint density at radius 3 is 2.59 bits per heavy atom. The molecule has 120 valence electrons. The van der Waals surface area contributed by atoms with E-state index in [1.807, 2.05) is 13.0 Å². The number of esters is 1. The fourth-order valence-electron chi connectivity index (χ4n) is 1.97. The molecule has 5 heteroatoms. The molecule has 1 atom stereocenters. The fraction of sp³-hybridized carbons (Fsp3) is 0.412. The molecule has 1 unspecified atom stereocenters. The van der Waals surface area contributed by atoms with Gasteiger partial charge in [0.1, 0.15) is 5.57 Å². The van der Waals surface area contributed by atoms with Crippen LogP contribution >= 0.6 is 0 Å². The molecule has 0 aliphatic carbocycles. The van der Waals surface area contributed by atoms with E-state index in [0.717, 1.165) is 0 Å². The van der Waals surface area contributed by atoms with E-state index in [2.05, 4.69) is 5.32 Å². The van der Waals surface area contributed by atoms with Crippen molar-refractivity contribution >= 4 is 17.4 Å². The van der Waals surface area contributed by atoms with Crippen molar-refractivity contribution in [3.63, 3.8) is 0 Å². The van der Waals surface area contributed by atoms with Gasteiger partial charge < -0.3 is 15.2 Å². The Morgan fingerprint density at radius 1 is 1.32 bits per heavy atom. The molecule has 0 aliphatic rings. The Kier molecular flexibility index (Phi) is 7.32. The summed E-state index contributed by atoms with van der Waals surface area (Å²) in [6.45, 7) is 5.42. The zero-order valence-corrected chi connectivity index (χ0v) is 13.3. The van der Waals surface area contributed by atoms with E-state index >= 15 is 0 Å². The minimum atomic E-state index is -0.658. The van der Waals surface area contributed by atoms with Crippen LogP contribution in [0, 0.1) is 0 Å². The van der Waals surface area contributed by atoms with Gasteiger partial charge in [0.2, 0.25) is 0 Å². The van der Waals surface area contributed by atoms with Crippen molar-refractivity contribution in [2.24, 2.45) is 0 Å². The molecule has 22 heavy (non-hydrogen) atoms. The Bertz CT molecular complexity index is 529. The number of Topliss-reactive ketones (excluding diaryl/α,β-unsaturated/α-hetero) is 1. The summed E-state index contributed by atoms with van der Waals surface area (Å²) in [6, 6.07) is 7.16. The van der Waals surface area contributed by atoms with E-state index in [4.69, 9.17) is 4.74 Å². The number of anilines is 1. The van der Waals surface area contributed by atoms with Crippen molar-refractivity contribution in [3.8, 4) is 0 Å².